The van der Waals surface area contributed by atoms with Crippen molar-refractivity contribution in [3.63, 3.8) is 0 Å². The minimum Gasteiger partial charge on any atom is -0.259 e. The average Bonchev–Trinajstić information content (AvgIpc) is 2.87. The molecule has 0 spiro atoms. The second-order valence-corrected chi connectivity index (χ2v) is 7.67. The molecule has 0 saturated carbocycles. The summed E-state index contributed by atoms with van der Waals surface area (Å²) in [6.07, 6.45) is 0. The molecule has 0 fully saturated rings. The minimum atomic E-state index is -1.17. The van der Waals surface area contributed by atoms with Crippen molar-refractivity contribution in [1.29, 1.82) is 0 Å². The molecule has 1 aromatic heterocycles. The number of nitrogens with zero attached hydrogens (tertiary/aromatic N) is 1. The number of rotatable bonds is 5. The summed E-state index contributed by atoms with van der Waals surface area (Å²) in [7, 11) is -1.17. The maximum atomic E-state index is 13.7. The lowest BCUT2D eigenvalue weighted by Crippen LogP contribution is -2.07. The van der Waals surface area contributed by atoms with Crippen LogP contribution in [0.4, 0.5) is 4.39 Å². The molecule has 0 aliphatic rings. The van der Waals surface area contributed by atoms with Crippen LogP contribution in [0.1, 0.15) is 48.2 Å². The van der Waals surface area contributed by atoms with E-state index >= 15 is 0 Å². The molecule has 0 amide bonds. The zero-order chi connectivity index (χ0) is 14.7. The van der Waals surface area contributed by atoms with Gasteiger partial charge in [-0.1, -0.05) is 32.0 Å². The summed E-state index contributed by atoms with van der Waals surface area (Å²) in [5.74, 6) is 0.458. The molecule has 0 saturated heterocycles. The van der Waals surface area contributed by atoms with Crippen molar-refractivity contribution < 1.29 is 8.60 Å². The van der Waals surface area contributed by atoms with Gasteiger partial charge in [-0.15, -0.1) is 11.3 Å². The van der Waals surface area contributed by atoms with Gasteiger partial charge in [-0.25, -0.2) is 9.37 Å². The lowest BCUT2D eigenvalue weighted by Gasteiger charge is -2.11. The lowest BCUT2D eigenvalue weighted by atomic mass is 10.1. The lowest BCUT2D eigenvalue weighted by molar-refractivity contribution is 0.606. The molecule has 20 heavy (non-hydrogen) atoms. The fraction of sp³-hybridized carbons (Fsp3) is 0.400. The maximum Gasteiger partial charge on any atom is 0.127 e. The van der Waals surface area contributed by atoms with Gasteiger partial charge in [0, 0.05) is 27.7 Å². The fourth-order valence-electron chi connectivity index (χ4n) is 1.87. The summed E-state index contributed by atoms with van der Waals surface area (Å²) in [6.45, 7) is 5.97. The first kappa shape index (κ1) is 15.3. The number of aromatic nitrogens is 1. The molecule has 2 atom stereocenters. The van der Waals surface area contributed by atoms with E-state index in [1.165, 1.54) is 6.07 Å². The van der Waals surface area contributed by atoms with Crippen LogP contribution in [-0.4, -0.2) is 9.19 Å². The zero-order valence-electron chi connectivity index (χ0n) is 11.8. The van der Waals surface area contributed by atoms with Gasteiger partial charge in [0.25, 0.3) is 0 Å². The van der Waals surface area contributed by atoms with Gasteiger partial charge in [0.2, 0.25) is 0 Å². The molecule has 0 bridgehead atoms. The van der Waals surface area contributed by atoms with Crippen LogP contribution in [0, 0.1) is 5.82 Å². The van der Waals surface area contributed by atoms with Crippen LogP contribution in [0.3, 0.4) is 0 Å². The Labute approximate surface area is 125 Å². The molecular formula is C15H18FNOS2. The quantitative estimate of drug-likeness (QED) is 0.818. The smallest absolute Gasteiger partial charge is 0.127 e. The average molecular weight is 311 g/mol. The summed E-state index contributed by atoms with van der Waals surface area (Å²) >= 11 is 1.59. The molecule has 2 rings (SSSR count). The molecular weight excluding hydrogens is 293 g/mol. The Morgan fingerprint density at radius 3 is 2.60 bits per heavy atom. The molecule has 0 N–H and O–H groups in total. The summed E-state index contributed by atoms with van der Waals surface area (Å²) in [6, 6.07) is 6.51. The first-order valence-corrected chi connectivity index (χ1v) is 8.81. The first-order chi connectivity index (χ1) is 9.49. The third-order valence-corrected chi connectivity index (χ3v) is 5.91. The molecule has 1 heterocycles. The molecule has 2 aromatic rings. The highest BCUT2D eigenvalue weighted by atomic mass is 32.2. The Morgan fingerprint density at radius 2 is 2.00 bits per heavy atom. The van der Waals surface area contributed by atoms with Crippen LogP contribution in [0.15, 0.2) is 29.6 Å². The Hall–Kier alpha value is -1.07. The largest absolute Gasteiger partial charge is 0.259 e. The van der Waals surface area contributed by atoms with Gasteiger partial charge in [-0.05, 0) is 13.0 Å². The SMILES string of the molecule is CC(C)c1nc(C[S@](=O)[C@H](C)c2ccccc2F)cs1. The summed E-state index contributed by atoms with van der Waals surface area (Å²) < 4.78 is 26.1. The number of thiazole rings is 1. The molecule has 0 aliphatic carbocycles. The van der Waals surface area contributed by atoms with Gasteiger partial charge in [-0.3, -0.25) is 4.21 Å². The van der Waals surface area contributed by atoms with Gasteiger partial charge in [0.1, 0.15) is 5.82 Å². The van der Waals surface area contributed by atoms with E-state index in [-0.39, 0.29) is 11.1 Å². The molecule has 1 aromatic carbocycles. The minimum absolute atomic E-state index is 0.297. The van der Waals surface area contributed by atoms with Crippen molar-refractivity contribution in [1.82, 2.24) is 4.98 Å². The standard InChI is InChI=1S/C15H18FNOS2/c1-10(2)15-17-12(8-19-15)9-20(18)11(3)13-6-4-5-7-14(13)16/h4-8,10-11H,9H2,1-3H3/t11-,20+/m1/s1. The van der Waals surface area contributed by atoms with Gasteiger partial charge in [0.15, 0.2) is 0 Å². The van der Waals surface area contributed by atoms with E-state index < -0.39 is 10.8 Å². The summed E-state index contributed by atoms with van der Waals surface area (Å²) in [4.78, 5) is 4.48. The molecule has 0 radical (unpaired) electrons. The highest BCUT2D eigenvalue weighted by Gasteiger charge is 2.18. The molecule has 5 heteroatoms. The Balaban J connectivity index is 2.09. The predicted molar refractivity (Wildman–Crippen MR) is 82.9 cm³/mol. The third-order valence-electron chi connectivity index (χ3n) is 3.09. The monoisotopic (exact) mass is 311 g/mol. The van der Waals surface area contributed by atoms with Gasteiger partial charge >= 0.3 is 0 Å². The Morgan fingerprint density at radius 1 is 1.30 bits per heavy atom. The van der Waals surface area contributed by atoms with Gasteiger partial charge in [-0.2, -0.15) is 0 Å². The number of benzene rings is 1. The van der Waals surface area contributed by atoms with Crippen molar-refractivity contribution in [2.45, 2.75) is 37.7 Å². The van der Waals surface area contributed by atoms with Crippen LogP contribution in [-0.2, 0) is 16.6 Å². The van der Waals surface area contributed by atoms with E-state index in [1.807, 2.05) is 5.38 Å². The van der Waals surface area contributed by atoms with Crippen molar-refractivity contribution >= 4 is 22.1 Å². The van der Waals surface area contributed by atoms with E-state index in [1.54, 1.807) is 36.5 Å². The van der Waals surface area contributed by atoms with Crippen molar-refractivity contribution in [2.24, 2.45) is 0 Å². The second kappa shape index (κ2) is 6.59. The number of hydrogen-bond donors (Lipinski definition) is 0. The molecule has 0 unspecified atom stereocenters. The highest BCUT2D eigenvalue weighted by molar-refractivity contribution is 7.84. The van der Waals surface area contributed by atoms with Gasteiger partial charge < -0.3 is 0 Å². The van der Waals surface area contributed by atoms with Crippen molar-refractivity contribution in [2.75, 3.05) is 0 Å². The molecule has 2 nitrogen and oxygen atoms in total. The normalized spacial score (nSPS) is 14.4. The second-order valence-electron chi connectivity index (χ2n) is 5.02. The topological polar surface area (TPSA) is 30.0 Å². The van der Waals surface area contributed by atoms with Crippen molar-refractivity contribution in [3.05, 3.63) is 51.7 Å². The van der Waals surface area contributed by atoms with Crippen LogP contribution >= 0.6 is 11.3 Å². The van der Waals surface area contributed by atoms with E-state index in [0.717, 1.165) is 10.7 Å². The van der Waals surface area contributed by atoms with Crippen molar-refractivity contribution in [3.8, 4) is 0 Å². The highest BCUT2D eigenvalue weighted by Crippen LogP contribution is 2.26. The Bertz CT molecular complexity index is 609. The van der Waals surface area contributed by atoms with E-state index in [0.29, 0.717) is 17.2 Å². The predicted octanol–water partition coefficient (Wildman–Crippen LogP) is 4.42. The molecule has 108 valence electrons. The maximum absolute atomic E-state index is 13.7. The summed E-state index contributed by atoms with van der Waals surface area (Å²) in [5, 5.41) is 2.66. The summed E-state index contributed by atoms with van der Waals surface area (Å²) in [5.41, 5.74) is 1.34. The van der Waals surface area contributed by atoms with E-state index in [4.69, 9.17) is 0 Å². The number of hydrogen-bond acceptors (Lipinski definition) is 3. The fourth-order valence-corrected chi connectivity index (χ4v) is 3.98. The van der Waals surface area contributed by atoms with Crippen LogP contribution < -0.4 is 0 Å². The Kier molecular flexibility index (Phi) is 5.05. The first-order valence-electron chi connectivity index (χ1n) is 6.55. The van der Waals surface area contributed by atoms with Crippen LogP contribution in [0.5, 0.6) is 0 Å². The van der Waals surface area contributed by atoms with E-state index in [9.17, 15) is 8.60 Å². The van der Waals surface area contributed by atoms with Gasteiger partial charge in [0.05, 0.1) is 21.7 Å². The number of halogens is 1. The third kappa shape index (κ3) is 3.52. The zero-order valence-corrected chi connectivity index (χ0v) is 13.4. The molecule has 0 aliphatic heterocycles. The van der Waals surface area contributed by atoms with Crippen LogP contribution in [0.25, 0.3) is 0 Å². The van der Waals surface area contributed by atoms with E-state index in [2.05, 4.69) is 18.8 Å². The van der Waals surface area contributed by atoms with Crippen LogP contribution in [0.2, 0.25) is 0 Å².